The number of hydrogen-bond donors (Lipinski definition) is 1. The van der Waals surface area contributed by atoms with Crippen LogP contribution in [-0.4, -0.2) is 22.8 Å². The number of phenolic OH excluding ortho intramolecular Hbond substituents is 1. The third kappa shape index (κ3) is 7.22. The maximum absolute atomic E-state index is 14.8. The third-order valence-electron chi connectivity index (χ3n) is 5.78. The van der Waals surface area contributed by atoms with Crippen molar-refractivity contribution in [1.29, 1.82) is 0 Å². The van der Waals surface area contributed by atoms with Crippen molar-refractivity contribution in [3.63, 3.8) is 0 Å². The first-order chi connectivity index (χ1) is 16.5. The van der Waals surface area contributed by atoms with E-state index >= 15 is 0 Å². The molecule has 1 atom stereocenters. The zero-order valence-corrected chi connectivity index (χ0v) is 19.9. The van der Waals surface area contributed by atoms with Crippen molar-refractivity contribution in [3.8, 4) is 28.1 Å². The zero-order valence-electron chi connectivity index (χ0n) is 19.9. The normalized spacial score (nSPS) is 12.4. The summed E-state index contributed by atoms with van der Waals surface area (Å²) < 4.78 is 35.2. The number of pyridine rings is 1. The van der Waals surface area contributed by atoms with Crippen LogP contribution in [-0.2, 0) is 4.74 Å². The molecule has 3 aromatic rings. The van der Waals surface area contributed by atoms with Gasteiger partial charge in [-0.15, -0.1) is 0 Å². The number of hydrogen-bond acceptors (Lipinski definition) is 3. The molecule has 0 aliphatic carbocycles. The number of phenols is 1. The molecular weight excluding hydrogens is 432 g/mol. The smallest absolute Gasteiger partial charge is 0.168 e. The van der Waals surface area contributed by atoms with Gasteiger partial charge in [0.2, 0.25) is 0 Å². The van der Waals surface area contributed by atoms with Crippen LogP contribution in [0.1, 0.15) is 57.9 Å². The van der Waals surface area contributed by atoms with E-state index in [0.717, 1.165) is 43.4 Å². The summed E-state index contributed by atoms with van der Waals surface area (Å²) in [4.78, 5) is 4.31. The summed E-state index contributed by atoms with van der Waals surface area (Å²) in [7, 11) is 0. The van der Waals surface area contributed by atoms with Gasteiger partial charge in [0.15, 0.2) is 11.6 Å². The van der Waals surface area contributed by atoms with Crippen LogP contribution in [0.2, 0.25) is 0 Å². The van der Waals surface area contributed by atoms with E-state index in [-0.39, 0.29) is 23.0 Å². The van der Waals surface area contributed by atoms with Gasteiger partial charge in [-0.2, -0.15) is 0 Å². The van der Waals surface area contributed by atoms with Gasteiger partial charge in [0.05, 0.1) is 11.8 Å². The largest absolute Gasteiger partial charge is 0.508 e. The second-order valence-corrected chi connectivity index (χ2v) is 8.53. The standard InChI is InChI=1S/C29H33F2NO2/c1-3-4-8-19-34-21(2)9-6-5-7-10-23-13-17-26(29(31)28(23)30)27-18-14-24(20-32-27)22-11-15-25(33)16-12-22/h7,10-18,20-21,33H,3-6,8-9,19H2,1-2H3. The van der Waals surface area contributed by atoms with Gasteiger partial charge in [-0.25, -0.2) is 8.78 Å². The highest BCUT2D eigenvalue weighted by molar-refractivity contribution is 5.68. The van der Waals surface area contributed by atoms with Crippen LogP contribution in [0.15, 0.2) is 60.8 Å². The van der Waals surface area contributed by atoms with Gasteiger partial charge in [0.25, 0.3) is 0 Å². The Bertz CT molecular complexity index is 1060. The Morgan fingerprint density at radius 2 is 1.71 bits per heavy atom. The molecule has 2 aromatic carbocycles. The molecule has 0 fully saturated rings. The number of ether oxygens (including phenoxy) is 1. The highest BCUT2D eigenvalue weighted by Crippen LogP contribution is 2.28. The molecule has 0 amide bonds. The molecule has 0 aliphatic heterocycles. The molecule has 5 heteroatoms. The molecule has 1 unspecified atom stereocenters. The second kappa shape index (κ2) is 13.0. The van der Waals surface area contributed by atoms with Gasteiger partial charge >= 0.3 is 0 Å². The lowest BCUT2D eigenvalue weighted by atomic mass is 10.0. The fourth-order valence-electron chi connectivity index (χ4n) is 3.72. The van der Waals surface area contributed by atoms with Gasteiger partial charge < -0.3 is 9.84 Å². The Labute approximate surface area is 201 Å². The molecule has 0 bridgehead atoms. The molecule has 0 aliphatic rings. The average molecular weight is 466 g/mol. The molecule has 3 nitrogen and oxygen atoms in total. The monoisotopic (exact) mass is 465 g/mol. The van der Waals surface area contributed by atoms with E-state index in [4.69, 9.17) is 4.74 Å². The maximum Gasteiger partial charge on any atom is 0.168 e. The van der Waals surface area contributed by atoms with Crippen LogP contribution >= 0.6 is 0 Å². The second-order valence-electron chi connectivity index (χ2n) is 8.53. The van der Waals surface area contributed by atoms with Gasteiger partial charge in [0, 0.05) is 29.5 Å². The molecule has 0 saturated heterocycles. The number of halogens is 2. The number of allylic oxidation sites excluding steroid dienone is 1. The average Bonchev–Trinajstić information content (AvgIpc) is 2.85. The predicted molar refractivity (Wildman–Crippen MR) is 135 cm³/mol. The van der Waals surface area contributed by atoms with E-state index in [0.29, 0.717) is 5.69 Å². The van der Waals surface area contributed by atoms with Gasteiger partial charge in [-0.05, 0) is 62.4 Å². The number of aromatic nitrogens is 1. The molecule has 1 aromatic heterocycles. The lowest BCUT2D eigenvalue weighted by Crippen LogP contribution is -2.08. The predicted octanol–water partition coefficient (Wildman–Crippen LogP) is 8.18. The minimum Gasteiger partial charge on any atom is -0.508 e. The number of nitrogens with zero attached hydrogens (tertiary/aromatic N) is 1. The van der Waals surface area contributed by atoms with Crippen LogP contribution in [0, 0.1) is 11.6 Å². The highest BCUT2D eigenvalue weighted by Gasteiger charge is 2.14. The zero-order chi connectivity index (χ0) is 24.3. The first-order valence-electron chi connectivity index (χ1n) is 12.0. The molecule has 0 spiro atoms. The Morgan fingerprint density at radius 3 is 2.41 bits per heavy atom. The Hall–Kier alpha value is -3.05. The molecular formula is C29H33F2NO2. The van der Waals surface area contributed by atoms with Gasteiger partial charge in [-0.1, -0.05) is 56.2 Å². The lowest BCUT2D eigenvalue weighted by molar-refractivity contribution is 0.0566. The number of aromatic hydroxyl groups is 1. The summed E-state index contributed by atoms with van der Waals surface area (Å²) in [5, 5.41) is 9.42. The molecule has 0 saturated carbocycles. The lowest BCUT2D eigenvalue weighted by Gasteiger charge is -2.12. The number of unbranched alkanes of at least 4 members (excludes halogenated alkanes) is 3. The summed E-state index contributed by atoms with van der Waals surface area (Å²) in [5.74, 6) is -1.59. The molecule has 3 rings (SSSR count). The minimum absolute atomic E-state index is 0.126. The number of benzene rings is 2. The molecule has 1 N–H and O–H groups in total. The van der Waals surface area contributed by atoms with Gasteiger partial charge in [-0.3, -0.25) is 4.98 Å². The summed E-state index contributed by atoms with van der Waals surface area (Å²) in [5.41, 5.74) is 2.42. The van der Waals surface area contributed by atoms with E-state index in [1.54, 1.807) is 60.8 Å². The molecule has 34 heavy (non-hydrogen) atoms. The molecule has 180 valence electrons. The van der Waals surface area contributed by atoms with Crippen molar-refractivity contribution < 1.29 is 18.6 Å². The van der Waals surface area contributed by atoms with Crippen LogP contribution < -0.4 is 0 Å². The Morgan fingerprint density at radius 1 is 0.941 bits per heavy atom. The third-order valence-corrected chi connectivity index (χ3v) is 5.78. The van der Waals surface area contributed by atoms with Crippen molar-refractivity contribution in [2.24, 2.45) is 0 Å². The summed E-state index contributed by atoms with van der Waals surface area (Å²) in [6.07, 6.45) is 11.5. The topological polar surface area (TPSA) is 42.4 Å². The molecule has 0 radical (unpaired) electrons. The van der Waals surface area contributed by atoms with Crippen LogP contribution in [0.5, 0.6) is 5.75 Å². The van der Waals surface area contributed by atoms with Crippen molar-refractivity contribution in [2.75, 3.05) is 6.61 Å². The van der Waals surface area contributed by atoms with E-state index in [2.05, 4.69) is 18.8 Å². The van der Waals surface area contributed by atoms with E-state index < -0.39 is 11.6 Å². The fourth-order valence-corrected chi connectivity index (χ4v) is 3.72. The van der Waals surface area contributed by atoms with Gasteiger partial charge in [0.1, 0.15) is 5.75 Å². The fraction of sp³-hybridized carbons (Fsp3) is 0.345. The van der Waals surface area contributed by atoms with Crippen molar-refractivity contribution in [2.45, 2.75) is 58.5 Å². The first-order valence-corrected chi connectivity index (χ1v) is 12.0. The Kier molecular flexibility index (Phi) is 9.77. The minimum atomic E-state index is -0.902. The van der Waals surface area contributed by atoms with Crippen molar-refractivity contribution in [3.05, 3.63) is 78.0 Å². The van der Waals surface area contributed by atoms with Crippen LogP contribution in [0.25, 0.3) is 28.5 Å². The quantitative estimate of drug-likeness (QED) is 0.274. The SMILES string of the molecule is CCCCCOC(C)CCCC=Cc1ccc(-c2ccc(-c3ccc(O)cc3)cn2)c(F)c1F. The summed E-state index contributed by atoms with van der Waals surface area (Å²) >= 11 is 0. The molecule has 1 heterocycles. The summed E-state index contributed by atoms with van der Waals surface area (Å²) in [6.45, 7) is 5.05. The Balaban J connectivity index is 1.56. The highest BCUT2D eigenvalue weighted by atomic mass is 19.2. The van der Waals surface area contributed by atoms with E-state index in [9.17, 15) is 13.9 Å². The van der Waals surface area contributed by atoms with Crippen LogP contribution in [0.4, 0.5) is 8.78 Å². The maximum atomic E-state index is 14.8. The van der Waals surface area contributed by atoms with Crippen LogP contribution in [0.3, 0.4) is 0 Å². The van der Waals surface area contributed by atoms with E-state index in [1.165, 1.54) is 12.8 Å². The number of rotatable bonds is 12. The van der Waals surface area contributed by atoms with E-state index in [1.807, 2.05) is 6.08 Å². The van der Waals surface area contributed by atoms with Crippen molar-refractivity contribution in [1.82, 2.24) is 4.98 Å². The summed E-state index contributed by atoms with van der Waals surface area (Å²) in [6, 6.07) is 13.3. The van der Waals surface area contributed by atoms with Crippen molar-refractivity contribution >= 4 is 6.08 Å². The first kappa shape index (κ1) is 25.6.